The Hall–Kier alpha value is -9.70. The van der Waals surface area contributed by atoms with Gasteiger partial charge in [0.1, 0.15) is 55.6 Å². The molecule has 17 atom stereocenters. The van der Waals surface area contributed by atoms with Crippen molar-refractivity contribution in [1.29, 1.82) is 0 Å². The number of benzene rings is 3. The van der Waals surface area contributed by atoms with E-state index in [0.717, 1.165) is 4.90 Å². The molecule has 13 amide bonds. The lowest BCUT2D eigenvalue weighted by molar-refractivity contribution is -0.192. The number of rotatable bonds is 53. The van der Waals surface area contributed by atoms with Crippen molar-refractivity contribution in [3.05, 3.63) is 102 Å². The molecule has 3 saturated heterocycles. The maximum Gasteiger partial charge on any atom is 0.410 e. The van der Waals surface area contributed by atoms with Crippen molar-refractivity contribution in [3.63, 3.8) is 0 Å². The molecule has 37 heteroatoms. The van der Waals surface area contributed by atoms with Gasteiger partial charge >= 0.3 is 18.2 Å². The SMILES string of the molecule is CC[C@H](C)[C@@H]([C@@H](CC(=O)N1CCC[C@H]1[C@H](OC)[C@@H](C)C(=O)N[C@H](C)[C@@H](O)c1ccccc1)OC)N(C)C(=O)[C@@H](NC(=O)[C@H](C(C)C)N(C)C(=O)OCc1ccc(NC(=O)[C@H](CCCNC(N)=O)NC(=O)[C@@H](NC(=O)[C@H](CCC(=O)NC2O[C@H](C(=O)NCCOCCOCCOCCOC)[C@H]3OC(C)(C)O[C@@H]23)NC(=O)OCc2ccccc2)C(C)C)cc1)C(C)C. The lowest BCUT2D eigenvalue weighted by atomic mass is 9.89. The number of carbonyl (C=O) groups is 12. The summed E-state index contributed by atoms with van der Waals surface area (Å²) in [5.41, 5.74) is 7.35. The molecular formula is C88H137N13O24. The number of nitrogens with two attached hydrogens (primary N) is 1. The average Bonchev–Trinajstić information content (AvgIpc) is 1.60. The minimum atomic E-state index is -1.51. The molecule has 0 aromatic heterocycles. The van der Waals surface area contributed by atoms with Gasteiger partial charge in [0.05, 0.1) is 95.0 Å². The number of primary amides is 1. The summed E-state index contributed by atoms with van der Waals surface area (Å²) in [4.78, 5) is 172. The molecule has 1 unspecified atom stereocenters. The second-order valence-corrected chi connectivity index (χ2v) is 33.3. The molecule has 3 aromatic carbocycles. The van der Waals surface area contributed by atoms with Crippen LogP contribution in [0, 0.1) is 29.6 Å². The van der Waals surface area contributed by atoms with E-state index in [2.05, 4.69) is 47.9 Å². The van der Waals surface area contributed by atoms with Gasteiger partial charge in [-0.25, -0.2) is 14.4 Å². The number of fused-ring (bicyclic) bond motifs is 1. The summed E-state index contributed by atoms with van der Waals surface area (Å²) in [6.07, 6.45) is -7.65. The lowest BCUT2D eigenvalue weighted by Gasteiger charge is -2.41. The zero-order valence-electron chi connectivity index (χ0n) is 75.5. The normalized spacial score (nSPS) is 19.4. The number of methoxy groups -OCH3 is 3. The number of aliphatic hydroxyl groups is 1. The summed E-state index contributed by atoms with van der Waals surface area (Å²) in [5, 5.41) is 35.6. The van der Waals surface area contributed by atoms with Crippen LogP contribution in [0.15, 0.2) is 84.9 Å². The first-order valence-corrected chi connectivity index (χ1v) is 43.1. The topological polar surface area (TPSA) is 471 Å². The highest BCUT2D eigenvalue weighted by atomic mass is 16.8. The first kappa shape index (κ1) is 104. The Morgan fingerprint density at radius 3 is 1.81 bits per heavy atom. The van der Waals surface area contributed by atoms with Gasteiger partial charge in [-0.1, -0.05) is 142 Å². The van der Waals surface area contributed by atoms with Gasteiger partial charge in [-0.2, -0.15) is 0 Å². The Bertz CT molecular complexity index is 3910. The Kier molecular flexibility index (Phi) is 43.7. The summed E-state index contributed by atoms with van der Waals surface area (Å²) < 4.78 is 63.0. The largest absolute Gasteiger partial charge is 0.445 e. The summed E-state index contributed by atoms with van der Waals surface area (Å²) in [5.74, 6) is -9.02. The fourth-order valence-corrected chi connectivity index (χ4v) is 15.3. The van der Waals surface area contributed by atoms with Crippen molar-refractivity contribution in [2.24, 2.45) is 35.3 Å². The zero-order chi connectivity index (χ0) is 92.2. The van der Waals surface area contributed by atoms with Gasteiger partial charge in [-0.3, -0.25) is 48.1 Å². The van der Waals surface area contributed by atoms with E-state index in [1.807, 2.05) is 32.0 Å². The Labute approximate surface area is 734 Å². The molecule has 3 heterocycles. The van der Waals surface area contributed by atoms with E-state index in [4.69, 9.17) is 57.8 Å². The number of hydrogen-bond donors (Lipinski definition) is 11. The summed E-state index contributed by atoms with van der Waals surface area (Å²) in [6.45, 7) is 23.5. The average molecular weight is 1760 g/mol. The van der Waals surface area contributed by atoms with Gasteiger partial charge in [-0.05, 0) is 105 Å². The third-order valence-electron chi connectivity index (χ3n) is 22.3. The molecule has 12 N–H and O–H groups in total. The molecule has 6 rings (SSSR count). The van der Waals surface area contributed by atoms with E-state index in [1.165, 1.54) is 38.3 Å². The predicted molar refractivity (Wildman–Crippen MR) is 460 cm³/mol. The number of ether oxygens (including phenoxy) is 11. The fraction of sp³-hybridized carbons (Fsp3) is 0.659. The van der Waals surface area contributed by atoms with E-state index < -0.39 is 187 Å². The van der Waals surface area contributed by atoms with Crippen LogP contribution in [0.25, 0.3) is 0 Å². The number of amides is 13. The molecule has 0 spiro atoms. The highest BCUT2D eigenvalue weighted by Crippen LogP contribution is 2.39. The summed E-state index contributed by atoms with van der Waals surface area (Å²) in [6, 6.07) is 15.0. The van der Waals surface area contributed by atoms with Crippen LogP contribution in [0.4, 0.5) is 20.1 Å². The van der Waals surface area contributed by atoms with Crippen LogP contribution < -0.4 is 53.6 Å². The number of nitrogens with one attached hydrogen (secondary N) is 9. The van der Waals surface area contributed by atoms with Gasteiger partial charge in [0.25, 0.3) is 5.91 Å². The molecule has 0 saturated carbocycles. The number of anilines is 1. The number of alkyl carbamates (subject to hydrolysis) is 1. The highest BCUT2D eigenvalue weighted by molar-refractivity contribution is 5.99. The van der Waals surface area contributed by atoms with Gasteiger partial charge in [0.2, 0.25) is 47.3 Å². The van der Waals surface area contributed by atoms with Crippen molar-refractivity contribution in [2.45, 2.75) is 245 Å². The second kappa shape index (κ2) is 52.4. The molecule has 3 aliphatic heterocycles. The standard InChI is InChI=1S/C88H137N13O24/c1-18-55(8)71(65(116-16)49-67(103)101-41-26-32-64(101)73(117-17)56(9)77(105)92-57(10)72(104)60-29-23-20-24-30-60)99(13)84(111)69(53(4)5)98-81(109)70(54(6)7)100(14)87(114)122-51-59-33-35-61(36-34-59)93-78(106)62(31-25-39-91-85(89)112)94-80(108)68(52(2)3)97-79(107)63(95-86(113)121-50-58-27-21-19-22-28-58)37-38-66(102)96-83-76-74(124-88(11,12)125-76)75(123-83)82(110)90-40-42-118-45-46-120-48-47-119-44-43-115-15/h19-24,27-30,33-36,52-57,62-65,68-76,83,104H,18,25-26,31-32,37-51H2,1-17H3,(H,90,110)(H,92,105)(H,93,106)(H,94,108)(H,95,113)(H,96,102)(H,97,107)(H,98,109)(H3,89,91,112)/t55-,56+,57+,62-,63-,64-,65+,68-,69-,70-,71-,72+,73+,74+,75-,76+,83?/m0/s1. The summed E-state index contributed by atoms with van der Waals surface area (Å²) >= 11 is 0. The van der Waals surface area contributed by atoms with Crippen LogP contribution >= 0.6 is 0 Å². The minimum Gasteiger partial charge on any atom is -0.445 e. The predicted octanol–water partition coefficient (Wildman–Crippen LogP) is 4.84. The van der Waals surface area contributed by atoms with Gasteiger partial charge in [0.15, 0.2) is 18.1 Å². The molecule has 0 aliphatic carbocycles. The first-order valence-electron chi connectivity index (χ1n) is 43.1. The van der Waals surface area contributed by atoms with Crippen molar-refractivity contribution < 1.29 is 115 Å². The van der Waals surface area contributed by atoms with Gasteiger partial charge in [-0.15, -0.1) is 0 Å². The fourth-order valence-electron chi connectivity index (χ4n) is 15.3. The van der Waals surface area contributed by atoms with Gasteiger partial charge < -0.3 is 121 Å². The van der Waals surface area contributed by atoms with Crippen LogP contribution in [0.3, 0.4) is 0 Å². The molecule has 125 heavy (non-hydrogen) atoms. The smallest absolute Gasteiger partial charge is 0.410 e. The Morgan fingerprint density at radius 2 is 1.21 bits per heavy atom. The second-order valence-electron chi connectivity index (χ2n) is 33.3. The Balaban J connectivity index is 1.06. The van der Waals surface area contributed by atoms with Crippen LogP contribution in [-0.4, -0.2) is 283 Å². The van der Waals surface area contributed by atoms with E-state index in [-0.39, 0.29) is 88.6 Å². The number of nitrogens with zero attached hydrogens (tertiary/aromatic N) is 3. The lowest BCUT2D eigenvalue weighted by Crippen LogP contribution is -2.60. The van der Waals surface area contributed by atoms with E-state index in [0.29, 0.717) is 75.5 Å². The number of likely N-dealkylation sites (tertiary alicyclic amines) is 1. The molecule has 698 valence electrons. The number of hydrogen-bond acceptors (Lipinski definition) is 24. The maximum atomic E-state index is 14.9. The molecular weight excluding hydrogens is 1620 g/mol. The quantitative estimate of drug-likeness (QED) is 0.0337. The van der Waals surface area contributed by atoms with E-state index in [1.54, 1.807) is 143 Å². The van der Waals surface area contributed by atoms with Crippen molar-refractivity contribution >= 4 is 77.1 Å². The van der Waals surface area contributed by atoms with Crippen molar-refractivity contribution in [2.75, 3.05) is 107 Å². The number of carbonyl (C=O) groups excluding carboxylic acids is 12. The molecule has 0 radical (unpaired) electrons. The molecule has 37 nitrogen and oxygen atoms in total. The maximum absolute atomic E-state index is 14.9. The third kappa shape index (κ3) is 32.6. The molecule has 3 aromatic rings. The molecule has 0 bridgehead atoms. The number of likely N-dealkylation sites (N-methyl/N-ethyl adjacent to an activating group) is 2. The van der Waals surface area contributed by atoms with Crippen LogP contribution in [0.5, 0.6) is 0 Å². The van der Waals surface area contributed by atoms with Crippen LogP contribution in [0.1, 0.15) is 157 Å². The Morgan fingerprint density at radius 1 is 0.616 bits per heavy atom. The number of urea groups is 1. The molecule has 3 fully saturated rings. The number of aliphatic hydroxyl groups excluding tert-OH is 1. The highest BCUT2D eigenvalue weighted by Gasteiger charge is 2.58. The van der Waals surface area contributed by atoms with Crippen LogP contribution in [0.2, 0.25) is 0 Å². The minimum absolute atomic E-state index is 0.0152. The van der Waals surface area contributed by atoms with Crippen molar-refractivity contribution in [3.8, 4) is 0 Å². The van der Waals surface area contributed by atoms with Gasteiger partial charge in [0, 0.05) is 67.2 Å². The van der Waals surface area contributed by atoms with Crippen LogP contribution in [-0.2, 0) is 108 Å². The first-order chi connectivity index (χ1) is 59.4. The molecule has 3 aliphatic rings. The third-order valence-corrected chi connectivity index (χ3v) is 22.3. The monoisotopic (exact) mass is 1760 g/mol. The van der Waals surface area contributed by atoms with E-state index >= 15 is 0 Å². The van der Waals surface area contributed by atoms with E-state index in [9.17, 15) is 62.6 Å². The zero-order valence-corrected chi connectivity index (χ0v) is 75.5. The van der Waals surface area contributed by atoms with Crippen molar-refractivity contribution in [1.82, 2.24) is 57.2 Å². The summed E-state index contributed by atoms with van der Waals surface area (Å²) in [7, 11) is 7.61.